The molecule has 0 aliphatic heterocycles. The third-order valence-electron chi connectivity index (χ3n) is 4.63. The molecule has 0 aliphatic carbocycles. The fourth-order valence-corrected chi connectivity index (χ4v) is 5.40. The molecular formula is C24H21OSi. The van der Waals surface area contributed by atoms with Crippen molar-refractivity contribution in [3.05, 3.63) is 109 Å². The van der Waals surface area contributed by atoms with Crippen LogP contribution >= 0.6 is 0 Å². The number of fused-ring (bicyclic) bond motifs is 1. The lowest BCUT2D eigenvalue weighted by Crippen LogP contribution is -2.45. The molecule has 0 amide bonds. The van der Waals surface area contributed by atoms with E-state index >= 15 is 0 Å². The van der Waals surface area contributed by atoms with E-state index in [2.05, 4.69) is 110 Å². The van der Waals surface area contributed by atoms with Gasteiger partial charge in [-0.2, -0.15) is 0 Å². The molecule has 0 saturated heterocycles. The summed E-state index contributed by atoms with van der Waals surface area (Å²) in [6, 6.07) is 36.2. The predicted octanol–water partition coefficient (Wildman–Crippen LogP) is 4.72. The molecule has 26 heavy (non-hydrogen) atoms. The third-order valence-corrected chi connectivity index (χ3v) is 6.93. The normalized spacial score (nSPS) is 12.4. The van der Waals surface area contributed by atoms with Crippen molar-refractivity contribution in [1.29, 1.82) is 0 Å². The first-order valence-corrected chi connectivity index (χ1v) is 10.4. The first-order valence-electron chi connectivity index (χ1n) is 8.95. The van der Waals surface area contributed by atoms with Crippen molar-refractivity contribution < 1.29 is 4.43 Å². The molecular weight excluding hydrogens is 332 g/mol. The predicted molar refractivity (Wildman–Crippen MR) is 111 cm³/mol. The Morgan fingerprint density at radius 3 is 1.81 bits per heavy atom. The van der Waals surface area contributed by atoms with Gasteiger partial charge in [0, 0.05) is 0 Å². The molecule has 4 aromatic rings. The smallest absolute Gasteiger partial charge is 0.283 e. The van der Waals surface area contributed by atoms with Crippen molar-refractivity contribution >= 4 is 30.2 Å². The highest BCUT2D eigenvalue weighted by Gasteiger charge is 2.23. The Kier molecular flexibility index (Phi) is 4.96. The average Bonchev–Trinajstić information content (AvgIpc) is 2.72. The summed E-state index contributed by atoms with van der Waals surface area (Å²) >= 11 is 0. The molecule has 1 radical (unpaired) electrons. The van der Waals surface area contributed by atoms with E-state index in [9.17, 15) is 0 Å². The van der Waals surface area contributed by atoms with Crippen molar-refractivity contribution in [2.45, 2.75) is 13.0 Å². The highest BCUT2D eigenvalue weighted by molar-refractivity contribution is 6.80. The molecule has 127 valence electrons. The minimum absolute atomic E-state index is 0.0235. The summed E-state index contributed by atoms with van der Waals surface area (Å²) in [4.78, 5) is 0. The lowest BCUT2D eigenvalue weighted by Gasteiger charge is -2.23. The molecule has 0 fully saturated rings. The molecule has 0 bridgehead atoms. The van der Waals surface area contributed by atoms with E-state index < -0.39 is 9.04 Å². The zero-order chi connectivity index (χ0) is 17.8. The van der Waals surface area contributed by atoms with Gasteiger partial charge < -0.3 is 4.43 Å². The molecule has 4 rings (SSSR count). The molecule has 0 N–H and O–H groups in total. The van der Waals surface area contributed by atoms with Gasteiger partial charge in [-0.25, -0.2) is 0 Å². The number of hydrogen-bond acceptors (Lipinski definition) is 1. The number of benzene rings is 4. The van der Waals surface area contributed by atoms with Gasteiger partial charge in [-0.1, -0.05) is 103 Å². The Labute approximate surface area is 156 Å². The summed E-state index contributed by atoms with van der Waals surface area (Å²) in [6.45, 7) is 2.16. The SMILES string of the molecule is CC(O[Si](c1ccccc1)c1ccccc1)c1cccc2ccccc12. The zero-order valence-corrected chi connectivity index (χ0v) is 15.8. The molecule has 0 aliphatic rings. The second-order valence-corrected chi connectivity index (χ2v) is 8.44. The lowest BCUT2D eigenvalue weighted by atomic mass is 10.0. The standard InChI is InChI=1S/C24H21OSi/c1-19(23-18-10-12-20-11-8-9-17-24(20)23)25-26(21-13-4-2-5-14-21)22-15-6-3-7-16-22/h2-19H,1H3. The lowest BCUT2D eigenvalue weighted by molar-refractivity contribution is 0.238. The number of rotatable bonds is 5. The second-order valence-electron chi connectivity index (χ2n) is 6.39. The van der Waals surface area contributed by atoms with Gasteiger partial charge in [-0.3, -0.25) is 0 Å². The molecule has 0 heterocycles. The van der Waals surface area contributed by atoms with Gasteiger partial charge in [0.05, 0.1) is 6.10 Å². The van der Waals surface area contributed by atoms with Crippen LogP contribution < -0.4 is 10.4 Å². The van der Waals surface area contributed by atoms with Crippen molar-refractivity contribution in [2.24, 2.45) is 0 Å². The van der Waals surface area contributed by atoms with Gasteiger partial charge in [0.15, 0.2) is 0 Å². The second kappa shape index (κ2) is 7.69. The third kappa shape index (κ3) is 3.48. The topological polar surface area (TPSA) is 9.23 Å². The first-order chi connectivity index (χ1) is 12.8. The van der Waals surface area contributed by atoms with Crippen LogP contribution in [0.15, 0.2) is 103 Å². The summed E-state index contributed by atoms with van der Waals surface area (Å²) in [5.74, 6) is 0. The Morgan fingerprint density at radius 1 is 0.615 bits per heavy atom. The van der Waals surface area contributed by atoms with E-state index in [1.807, 2.05) is 0 Å². The largest absolute Gasteiger partial charge is 0.400 e. The van der Waals surface area contributed by atoms with Crippen LogP contribution in [0, 0.1) is 0 Å². The van der Waals surface area contributed by atoms with Gasteiger partial charge in [0.2, 0.25) is 0 Å². The van der Waals surface area contributed by atoms with E-state index in [4.69, 9.17) is 4.43 Å². The minimum atomic E-state index is -1.31. The van der Waals surface area contributed by atoms with E-state index in [1.54, 1.807) is 0 Å². The Hall–Kier alpha value is -2.68. The first kappa shape index (κ1) is 16.8. The van der Waals surface area contributed by atoms with Gasteiger partial charge in [-0.05, 0) is 33.6 Å². The molecule has 1 nitrogen and oxygen atoms in total. The Bertz CT molecular complexity index is 938. The maximum Gasteiger partial charge on any atom is 0.283 e. The quantitative estimate of drug-likeness (QED) is 0.472. The van der Waals surface area contributed by atoms with E-state index in [1.165, 1.54) is 26.7 Å². The van der Waals surface area contributed by atoms with Gasteiger partial charge in [0.1, 0.15) is 0 Å². The van der Waals surface area contributed by atoms with Crippen molar-refractivity contribution in [3.63, 3.8) is 0 Å². The van der Waals surface area contributed by atoms with Crippen LogP contribution in [0.4, 0.5) is 0 Å². The highest BCUT2D eigenvalue weighted by Crippen LogP contribution is 2.26. The molecule has 0 aromatic heterocycles. The Balaban J connectivity index is 1.71. The molecule has 2 heteroatoms. The van der Waals surface area contributed by atoms with E-state index in [0.29, 0.717) is 0 Å². The molecule has 0 spiro atoms. The fraction of sp³-hybridized carbons (Fsp3) is 0.0833. The summed E-state index contributed by atoms with van der Waals surface area (Å²) in [5, 5.41) is 5.07. The minimum Gasteiger partial charge on any atom is -0.400 e. The van der Waals surface area contributed by atoms with Gasteiger partial charge in [-0.15, -0.1) is 0 Å². The van der Waals surface area contributed by atoms with Crippen LogP contribution in [0.1, 0.15) is 18.6 Å². The maximum atomic E-state index is 6.72. The van der Waals surface area contributed by atoms with Crippen molar-refractivity contribution in [2.75, 3.05) is 0 Å². The summed E-state index contributed by atoms with van der Waals surface area (Å²) in [7, 11) is -1.31. The highest BCUT2D eigenvalue weighted by atomic mass is 28.3. The van der Waals surface area contributed by atoms with Crippen LogP contribution in [-0.4, -0.2) is 9.04 Å². The van der Waals surface area contributed by atoms with Crippen LogP contribution in [-0.2, 0) is 4.43 Å². The van der Waals surface area contributed by atoms with Gasteiger partial charge >= 0.3 is 0 Å². The van der Waals surface area contributed by atoms with Crippen LogP contribution in [0.5, 0.6) is 0 Å². The Morgan fingerprint density at radius 2 is 1.15 bits per heavy atom. The summed E-state index contributed by atoms with van der Waals surface area (Å²) < 4.78 is 6.72. The maximum absolute atomic E-state index is 6.72. The van der Waals surface area contributed by atoms with Crippen molar-refractivity contribution in [3.8, 4) is 0 Å². The summed E-state index contributed by atoms with van der Waals surface area (Å²) in [5.41, 5.74) is 1.25. The van der Waals surface area contributed by atoms with Crippen LogP contribution in [0.2, 0.25) is 0 Å². The molecule has 4 aromatic carbocycles. The fourth-order valence-electron chi connectivity index (χ4n) is 3.33. The number of hydrogen-bond donors (Lipinski definition) is 0. The van der Waals surface area contributed by atoms with Gasteiger partial charge in [0.25, 0.3) is 9.04 Å². The summed E-state index contributed by atoms with van der Waals surface area (Å²) in [6.07, 6.45) is 0.0235. The van der Waals surface area contributed by atoms with Crippen LogP contribution in [0.3, 0.4) is 0 Å². The van der Waals surface area contributed by atoms with Crippen molar-refractivity contribution in [1.82, 2.24) is 0 Å². The van der Waals surface area contributed by atoms with E-state index in [0.717, 1.165) is 0 Å². The molecule has 0 saturated carbocycles. The zero-order valence-electron chi connectivity index (χ0n) is 14.8. The molecule has 1 atom stereocenters. The monoisotopic (exact) mass is 353 g/mol. The average molecular weight is 354 g/mol. The van der Waals surface area contributed by atoms with E-state index in [-0.39, 0.29) is 6.10 Å². The van der Waals surface area contributed by atoms with Crippen LogP contribution in [0.25, 0.3) is 10.8 Å². The molecule has 1 unspecified atom stereocenters.